The zero-order chi connectivity index (χ0) is 24.6. The molecule has 0 radical (unpaired) electrons. The summed E-state index contributed by atoms with van der Waals surface area (Å²) in [6.45, 7) is 13.8. The van der Waals surface area contributed by atoms with Crippen LogP contribution in [0.25, 0.3) is 0 Å². The van der Waals surface area contributed by atoms with Crippen LogP contribution in [0, 0.1) is 5.92 Å². The SMILES string of the molecule is CCC1C(=O)N([Si](C)(C)C(C)(C)C)C1SC(c1ccccc1)(c1ccccc1)c1ccccc1. The first-order chi connectivity index (χ1) is 16.1. The summed E-state index contributed by atoms with van der Waals surface area (Å²) >= 11 is 1.97. The van der Waals surface area contributed by atoms with E-state index in [0.717, 1.165) is 6.42 Å². The van der Waals surface area contributed by atoms with Crippen molar-refractivity contribution in [3.05, 3.63) is 108 Å². The average Bonchev–Trinajstić information content (AvgIpc) is 2.83. The van der Waals surface area contributed by atoms with E-state index in [4.69, 9.17) is 0 Å². The lowest BCUT2D eigenvalue weighted by Crippen LogP contribution is -2.72. The number of nitrogens with zero attached hydrogens (tertiary/aromatic N) is 1. The summed E-state index contributed by atoms with van der Waals surface area (Å²) in [5.41, 5.74) is 3.75. The third kappa shape index (κ3) is 4.05. The van der Waals surface area contributed by atoms with Crippen LogP contribution in [0.15, 0.2) is 91.0 Å². The van der Waals surface area contributed by atoms with Gasteiger partial charge in [0, 0.05) is 0 Å². The lowest BCUT2D eigenvalue weighted by atomic mass is 9.84. The van der Waals surface area contributed by atoms with Gasteiger partial charge in [-0.15, -0.1) is 11.8 Å². The van der Waals surface area contributed by atoms with E-state index in [-0.39, 0.29) is 16.3 Å². The van der Waals surface area contributed by atoms with Gasteiger partial charge in [-0.2, -0.15) is 0 Å². The first-order valence-corrected chi connectivity index (χ1v) is 16.1. The van der Waals surface area contributed by atoms with Crippen LogP contribution >= 0.6 is 11.8 Å². The number of carbonyl (C=O) groups is 1. The highest BCUT2D eigenvalue weighted by Gasteiger charge is 2.59. The highest BCUT2D eigenvalue weighted by Crippen LogP contribution is 2.57. The van der Waals surface area contributed by atoms with Gasteiger partial charge in [0.15, 0.2) is 8.24 Å². The van der Waals surface area contributed by atoms with Gasteiger partial charge >= 0.3 is 0 Å². The molecule has 0 saturated carbocycles. The third-order valence-electron chi connectivity index (χ3n) is 7.87. The molecule has 1 fully saturated rings. The average molecular weight is 488 g/mol. The lowest BCUT2D eigenvalue weighted by molar-refractivity contribution is -0.143. The Bertz CT molecular complexity index is 1010. The molecule has 1 heterocycles. The number of β-lactam (4-membered cyclic amide) rings is 1. The van der Waals surface area contributed by atoms with Crippen molar-refractivity contribution in [1.29, 1.82) is 0 Å². The fourth-order valence-corrected chi connectivity index (χ4v) is 9.96. The van der Waals surface area contributed by atoms with Crippen molar-refractivity contribution in [3.63, 3.8) is 0 Å². The van der Waals surface area contributed by atoms with Crippen molar-refractivity contribution in [3.8, 4) is 0 Å². The molecule has 0 spiro atoms. The number of hydrogen-bond donors (Lipinski definition) is 0. The third-order valence-corrected chi connectivity index (χ3v) is 15.3. The topological polar surface area (TPSA) is 20.3 Å². The maximum atomic E-state index is 13.5. The second-order valence-corrected chi connectivity index (χ2v) is 17.3. The number of rotatable bonds is 7. The van der Waals surface area contributed by atoms with Gasteiger partial charge in [-0.1, -0.05) is 132 Å². The molecule has 3 aromatic rings. The van der Waals surface area contributed by atoms with Gasteiger partial charge in [0.1, 0.15) is 0 Å². The quantitative estimate of drug-likeness (QED) is 0.192. The van der Waals surface area contributed by atoms with Gasteiger partial charge in [-0.25, -0.2) is 0 Å². The van der Waals surface area contributed by atoms with Gasteiger partial charge in [0.05, 0.1) is 16.0 Å². The van der Waals surface area contributed by atoms with Crippen LogP contribution in [0.2, 0.25) is 18.1 Å². The number of benzene rings is 3. The van der Waals surface area contributed by atoms with E-state index >= 15 is 0 Å². The summed E-state index contributed by atoms with van der Waals surface area (Å²) in [6, 6.07) is 32.5. The van der Waals surface area contributed by atoms with Crippen LogP contribution in [0.3, 0.4) is 0 Å². The van der Waals surface area contributed by atoms with E-state index in [1.807, 2.05) is 11.8 Å². The minimum atomic E-state index is -2.05. The number of amides is 1. The van der Waals surface area contributed by atoms with Crippen LogP contribution in [-0.4, -0.2) is 24.1 Å². The Labute approximate surface area is 210 Å². The molecule has 0 N–H and O–H groups in total. The van der Waals surface area contributed by atoms with E-state index < -0.39 is 13.0 Å². The first kappa shape index (κ1) is 24.8. The maximum absolute atomic E-state index is 13.5. The second-order valence-electron chi connectivity index (χ2n) is 10.8. The second kappa shape index (κ2) is 9.39. The van der Waals surface area contributed by atoms with Gasteiger partial charge in [-0.3, -0.25) is 4.79 Å². The van der Waals surface area contributed by atoms with Crippen LogP contribution in [0.1, 0.15) is 50.8 Å². The Kier molecular flexibility index (Phi) is 6.85. The summed E-state index contributed by atoms with van der Waals surface area (Å²) in [5.74, 6) is 0.393. The molecular formula is C30H37NOSSi. The van der Waals surface area contributed by atoms with Gasteiger partial charge in [-0.05, 0) is 28.1 Å². The molecular weight excluding hydrogens is 450 g/mol. The summed E-state index contributed by atoms with van der Waals surface area (Å²) in [4.78, 5) is 13.5. The van der Waals surface area contributed by atoms with E-state index in [1.165, 1.54) is 16.7 Å². The fourth-order valence-electron chi connectivity index (χ4n) is 4.89. The van der Waals surface area contributed by atoms with Crippen molar-refractivity contribution in [2.75, 3.05) is 0 Å². The van der Waals surface area contributed by atoms with E-state index in [0.29, 0.717) is 5.91 Å². The molecule has 2 unspecified atom stereocenters. The molecule has 0 aromatic heterocycles. The molecule has 34 heavy (non-hydrogen) atoms. The smallest absolute Gasteiger partial charge is 0.221 e. The standard InChI is InChI=1S/C30H37NOSSi/c1-7-26-27(32)31(34(5,6)29(2,3)4)28(26)33-30(23-17-11-8-12-18-23,24-19-13-9-14-20-24)25-21-15-10-16-22-25/h8-22,26,28H,7H2,1-6H3. The van der Waals surface area contributed by atoms with E-state index in [9.17, 15) is 4.79 Å². The number of thioether (sulfide) groups is 1. The van der Waals surface area contributed by atoms with Crippen molar-refractivity contribution < 1.29 is 4.79 Å². The van der Waals surface area contributed by atoms with Crippen LogP contribution < -0.4 is 0 Å². The molecule has 0 aliphatic carbocycles. The predicted octanol–water partition coefficient (Wildman–Crippen LogP) is 7.91. The van der Waals surface area contributed by atoms with E-state index in [2.05, 4.69) is 136 Å². The van der Waals surface area contributed by atoms with Gasteiger partial charge < -0.3 is 4.57 Å². The molecule has 4 rings (SSSR count). The Hall–Kier alpha value is -2.30. The summed E-state index contributed by atoms with van der Waals surface area (Å²) in [7, 11) is -2.05. The molecule has 1 amide bonds. The van der Waals surface area contributed by atoms with Crippen molar-refractivity contribution in [2.24, 2.45) is 5.92 Å². The Morgan fingerprint density at radius 2 is 1.15 bits per heavy atom. The molecule has 4 heteroatoms. The predicted molar refractivity (Wildman–Crippen MR) is 148 cm³/mol. The molecule has 3 aromatic carbocycles. The molecule has 1 aliphatic rings. The minimum Gasteiger partial charge on any atom is -0.357 e. The minimum absolute atomic E-state index is 0.0506. The van der Waals surface area contributed by atoms with Crippen molar-refractivity contribution in [2.45, 2.75) is 62.4 Å². The van der Waals surface area contributed by atoms with Crippen LogP contribution in [0.4, 0.5) is 0 Å². The Balaban J connectivity index is 1.93. The summed E-state index contributed by atoms with van der Waals surface area (Å²) in [5, 5.41) is 0.230. The van der Waals surface area contributed by atoms with E-state index in [1.54, 1.807) is 0 Å². The first-order valence-electron chi connectivity index (χ1n) is 12.3. The normalized spacial score (nSPS) is 19.1. The maximum Gasteiger partial charge on any atom is 0.221 e. The van der Waals surface area contributed by atoms with Crippen LogP contribution in [-0.2, 0) is 9.54 Å². The zero-order valence-corrected chi connectivity index (χ0v) is 23.1. The van der Waals surface area contributed by atoms with Crippen molar-refractivity contribution >= 4 is 25.9 Å². The molecule has 2 nitrogen and oxygen atoms in total. The summed E-state index contributed by atoms with van der Waals surface area (Å²) < 4.78 is 1.90. The Morgan fingerprint density at radius 3 is 1.47 bits per heavy atom. The van der Waals surface area contributed by atoms with Gasteiger partial charge in [0.25, 0.3) is 0 Å². The molecule has 178 valence electrons. The molecule has 1 aliphatic heterocycles. The molecule has 0 bridgehead atoms. The summed E-state index contributed by atoms with van der Waals surface area (Å²) in [6.07, 6.45) is 0.871. The largest absolute Gasteiger partial charge is 0.357 e. The highest BCUT2D eigenvalue weighted by atomic mass is 32.2. The fraction of sp³-hybridized carbons (Fsp3) is 0.367. The zero-order valence-electron chi connectivity index (χ0n) is 21.3. The number of carbonyl (C=O) groups excluding carboxylic acids is 1. The van der Waals surface area contributed by atoms with Crippen molar-refractivity contribution in [1.82, 2.24) is 4.57 Å². The number of hydrogen-bond acceptors (Lipinski definition) is 2. The molecule has 1 saturated heterocycles. The van der Waals surface area contributed by atoms with Crippen LogP contribution in [0.5, 0.6) is 0 Å². The monoisotopic (exact) mass is 487 g/mol. The molecule has 2 atom stereocenters. The van der Waals surface area contributed by atoms with Gasteiger partial charge in [0.2, 0.25) is 5.91 Å². The highest BCUT2D eigenvalue weighted by molar-refractivity contribution is 8.01. The Morgan fingerprint density at radius 1 is 0.765 bits per heavy atom. The lowest BCUT2D eigenvalue weighted by Gasteiger charge is -2.59.